The highest BCUT2D eigenvalue weighted by molar-refractivity contribution is 7.18. The summed E-state index contributed by atoms with van der Waals surface area (Å²) in [5.41, 5.74) is 2.90. The molecule has 0 bridgehead atoms. The van der Waals surface area contributed by atoms with E-state index in [9.17, 15) is 4.79 Å². The predicted octanol–water partition coefficient (Wildman–Crippen LogP) is 4.31. The lowest BCUT2D eigenvalue weighted by Crippen LogP contribution is -2.39. The predicted molar refractivity (Wildman–Crippen MR) is 97.4 cm³/mol. The Hall–Kier alpha value is -2.14. The summed E-state index contributed by atoms with van der Waals surface area (Å²) in [6.45, 7) is 2.83. The number of amides is 1. The number of para-hydroxylation sites is 1. The highest BCUT2D eigenvalue weighted by Gasteiger charge is 2.32. The van der Waals surface area contributed by atoms with E-state index in [1.165, 1.54) is 4.70 Å². The van der Waals surface area contributed by atoms with Gasteiger partial charge in [-0.05, 0) is 50.5 Å². The Bertz CT molecular complexity index is 862. The zero-order valence-corrected chi connectivity index (χ0v) is 14.8. The van der Waals surface area contributed by atoms with E-state index in [1.807, 2.05) is 53.8 Å². The van der Waals surface area contributed by atoms with Gasteiger partial charge < -0.3 is 9.47 Å². The molecule has 1 aromatic carbocycles. The fourth-order valence-electron chi connectivity index (χ4n) is 3.44. The van der Waals surface area contributed by atoms with Crippen LogP contribution in [0.25, 0.3) is 10.2 Å². The molecule has 0 unspecified atom stereocenters. The van der Waals surface area contributed by atoms with Gasteiger partial charge in [-0.25, -0.2) is 4.98 Å². The molecule has 1 saturated heterocycles. The molecule has 3 aromatic rings. The third-order valence-corrected chi connectivity index (χ3v) is 6.09. The van der Waals surface area contributed by atoms with Crippen molar-refractivity contribution in [2.45, 2.75) is 32.2 Å². The average molecular weight is 339 g/mol. The first-order valence-electron chi connectivity index (χ1n) is 8.44. The lowest BCUT2D eigenvalue weighted by Gasteiger charge is -2.34. The van der Waals surface area contributed by atoms with Crippen molar-refractivity contribution in [1.82, 2.24) is 14.5 Å². The second kappa shape index (κ2) is 6.06. The van der Waals surface area contributed by atoms with E-state index in [0.717, 1.165) is 47.7 Å². The van der Waals surface area contributed by atoms with Crippen LogP contribution in [0, 0.1) is 6.92 Å². The SMILES string of the molecule is Cc1ccc(C(=O)N2CCCC[C@@H]2c2nc3ccccc3s2)n1C. The minimum Gasteiger partial charge on any atom is -0.344 e. The second-order valence-corrected chi connectivity index (χ2v) is 7.51. The van der Waals surface area contributed by atoms with Crippen LogP contribution in [0.3, 0.4) is 0 Å². The number of hydrogen-bond donors (Lipinski definition) is 0. The van der Waals surface area contributed by atoms with Crippen molar-refractivity contribution in [1.29, 1.82) is 0 Å². The molecule has 1 aliphatic rings. The maximum absolute atomic E-state index is 13.1. The molecule has 24 heavy (non-hydrogen) atoms. The fourth-order valence-corrected chi connectivity index (χ4v) is 4.55. The van der Waals surface area contributed by atoms with Gasteiger partial charge in [-0.2, -0.15) is 0 Å². The van der Waals surface area contributed by atoms with E-state index >= 15 is 0 Å². The molecule has 3 heterocycles. The highest BCUT2D eigenvalue weighted by atomic mass is 32.1. The minimum atomic E-state index is 0.0962. The van der Waals surface area contributed by atoms with E-state index in [-0.39, 0.29) is 11.9 Å². The van der Waals surface area contributed by atoms with Crippen molar-refractivity contribution in [2.24, 2.45) is 7.05 Å². The monoisotopic (exact) mass is 339 g/mol. The second-order valence-electron chi connectivity index (χ2n) is 6.45. The lowest BCUT2D eigenvalue weighted by molar-refractivity contribution is 0.0601. The Morgan fingerprint density at radius 3 is 2.79 bits per heavy atom. The molecule has 1 amide bonds. The number of nitrogens with zero attached hydrogens (tertiary/aromatic N) is 3. The molecular weight excluding hydrogens is 318 g/mol. The number of aryl methyl sites for hydroxylation is 1. The fraction of sp³-hybridized carbons (Fsp3) is 0.368. The van der Waals surface area contributed by atoms with Crippen molar-refractivity contribution in [2.75, 3.05) is 6.54 Å². The van der Waals surface area contributed by atoms with Gasteiger partial charge in [0.15, 0.2) is 0 Å². The van der Waals surface area contributed by atoms with Gasteiger partial charge in [0.05, 0.1) is 16.3 Å². The number of aromatic nitrogens is 2. The van der Waals surface area contributed by atoms with Crippen LogP contribution in [0.2, 0.25) is 0 Å². The summed E-state index contributed by atoms with van der Waals surface area (Å²) in [6, 6.07) is 12.2. The largest absolute Gasteiger partial charge is 0.344 e. The summed E-state index contributed by atoms with van der Waals surface area (Å²) in [6.07, 6.45) is 3.21. The summed E-state index contributed by atoms with van der Waals surface area (Å²) in [5.74, 6) is 0.120. The molecule has 1 atom stereocenters. The topological polar surface area (TPSA) is 38.1 Å². The Kier molecular flexibility index (Phi) is 3.88. The van der Waals surface area contributed by atoms with Crippen molar-refractivity contribution >= 4 is 27.5 Å². The van der Waals surface area contributed by atoms with Crippen LogP contribution in [0.4, 0.5) is 0 Å². The number of rotatable bonds is 2. The van der Waals surface area contributed by atoms with E-state index in [2.05, 4.69) is 6.07 Å². The molecule has 2 aromatic heterocycles. The van der Waals surface area contributed by atoms with E-state index < -0.39 is 0 Å². The van der Waals surface area contributed by atoms with Crippen LogP contribution in [0.1, 0.15) is 46.5 Å². The number of thiazole rings is 1. The van der Waals surface area contributed by atoms with Crippen LogP contribution < -0.4 is 0 Å². The Morgan fingerprint density at radius 2 is 2.04 bits per heavy atom. The van der Waals surface area contributed by atoms with Gasteiger partial charge in [0.25, 0.3) is 5.91 Å². The molecule has 1 aliphatic heterocycles. The smallest absolute Gasteiger partial charge is 0.271 e. The van der Waals surface area contributed by atoms with Gasteiger partial charge in [-0.15, -0.1) is 11.3 Å². The number of hydrogen-bond acceptors (Lipinski definition) is 3. The molecule has 0 saturated carbocycles. The van der Waals surface area contributed by atoms with Crippen molar-refractivity contribution in [3.05, 3.63) is 52.8 Å². The number of likely N-dealkylation sites (tertiary alicyclic amines) is 1. The summed E-state index contributed by atoms with van der Waals surface area (Å²) >= 11 is 1.72. The Balaban J connectivity index is 1.70. The standard InChI is InChI=1S/C19H21N3OS/c1-13-10-11-16(21(13)2)19(23)22-12-6-5-8-15(22)18-20-14-7-3-4-9-17(14)24-18/h3-4,7,9-11,15H,5-6,8,12H2,1-2H3/t15-/m1/s1. The first-order valence-corrected chi connectivity index (χ1v) is 9.25. The molecular formula is C19H21N3OS. The van der Waals surface area contributed by atoms with Gasteiger partial charge >= 0.3 is 0 Å². The molecule has 5 heteroatoms. The zero-order valence-electron chi connectivity index (χ0n) is 14.0. The first kappa shape index (κ1) is 15.4. The van der Waals surface area contributed by atoms with Crippen LogP contribution in [0.5, 0.6) is 0 Å². The molecule has 0 radical (unpaired) electrons. The van der Waals surface area contributed by atoms with Gasteiger partial charge in [0.2, 0.25) is 0 Å². The molecule has 1 fully saturated rings. The highest BCUT2D eigenvalue weighted by Crippen LogP contribution is 2.36. The summed E-state index contributed by atoms with van der Waals surface area (Å²) in [5, 5.41) is 1.06. The van der Waals surface area contributed by atoms with E-state index in [4.69, 9.17) is 4.98 Å². The van der Waals surface area contributed by atoms with Crippen LogP contribution in [-0.4, -0.2) is 26.9 Å². The summed E-state index contributed by atoms with van der Waals surface area (Å²) < 4.78 is 3.17. The van der Waals surface area contributed by atoms with Gasteiger partial charge in [0, 0.05) is 19.3 Å². The number of carbonyl (C=O) groups excluding carboxylic acids is 1. The van der Waals surface area contributed by atoms with Gasteiger partial charge in [-0.3, -0.25) is 4.79 Å². The minimum absolute atomic E-state index is 0.0962. The Labute approximate surface area is 145 Å². The van der Waals surface area contributed by atoms with E-state index in [1.54, 1.807) is 11.3 Å². The maximum Gasteiger partial charge on any atom is 0.271 e. The van der Waals surface area contributed by atoms with Crippen LogP contribution in [-0.2, 0) is 7.05 Å². The number of benzene rings is 1. The molecule has 0 spiro atoms. The van der Waals surface area contributed by atoms with Gasteiger partial charge in [0.1, 0.15) is 10.7 Å². The average Bonchev–Trinajstić information content (AvgIpc) is 3.18. The normalized spacial score (nSPS) is 18.2. The number of carbonyl (C=O) groups is 1. The summed E-state index contributed by atoms with van der Waals surface area (Å²) in [4.78, 5) is 19.9. The molecule has 0 N–H and O–H groups in total. The zero-order chi connectivity index (χ0) is 16.7. The summed E-state index contributed by atoms with van der Waals surface area (Å²) in [7, 11) is 1.96. The molecule has 4 nitrogen and oxygen atoms in total. The third kappa shape index (κ3) is 2.53. The molecule has 4 rings (SSSR count). The molecule has 124 valence electrons. The lowest BCUT2D eigenvalue weighted by atomic mass is 10.0. The van der Waals surface area contributed by atoms with Crippen molar-refractivity contribution in [3.63, 3.8) is 0 Å². The quantitative estimate of drug-likeness (QED) is 0.698. The third-order valence-electron chi connectivity index (χ3n) is 4.95. The number of fused-ring (bicyclic) bond motifs is 1. The maximum atomic E-state index is 13.1. The van der Waals surface area contributed by atoms with Crippen LogP contribution >= 0.6 is 11.3 Å². The van der Waals surface area contributed by atoms with E-state index in [0.29, 0.717) is 0 Å². The van der Waals surface area contributed by atoms with Crippen LogP contribution in [0.15, 0.2) is 36.4 Å². The molecule has 0 aliphatic carbocycles. The van der Waals surface area contributed by atoms with Crippen molar-refractivity contribution < 1.29 is 4.79 Å². The first-order chi connectivity index (χ1) is 11.6. The van der Waals surface area contributed by atoms with Crippen molar-refractivity contribution in [3.8, 4) is 0 Å². The number of piperidine rings is 1. The van der Waals surface area contributed by atoms with Gasteiger partial charge in [-0.1, -0.05) is 12.1 Å². The Morgan fingerprint density at radius 1 is 1.21 bits per heavy atom.